The number of carbonyl (C=O) groups is 1. The van der Waals surface area contributed by atoms with E-state index >= 15 is 0 Å². The van der Waals surface area contributed by atoms with Crippen LogP contribution in [-0.4, -0.2) is 18.0 Å². The molecule has 0 fully saturated rings. The molecule has 0 unspecified atom stereocenters. The van der Waals surface area contributed by atoms with Crippen molar-refractivity contribution >= 4 is 22.5 Å². The molecule has 0 radical (unpaired) electrons. The van der Waals surface area contributed by atoms with Crippen LogP contribution in [-0.2, 0) is 11.2 Å². The third kappa shape index (κ3) is 4.57. The monoisotopic (exact) mass is 334 g/mol. The highest BCUT2D eigenvalue weighted by Gasteiger charge is 2.06. The van der Waals surface area contributed by atoms with Gasteiger partial charge in [0.15, 0.2) is 0 Å². The van der Waals surface area contributed by atoms with Crippen molar-refractivity contribution in [2.75, 3.05) is 12.4 Å². The molecular weight excluding hydrogens is 312 g/mol. The minimum Gasteiger partial charge on any atom is -0.497 e. The highest BCUT2D eigenvalue weighted by molar-refractivity contribution is 6.00. The smallest absolute Gasteiger partial charge is 0.224 e. The molecule has 4 heteroatoms. The second-order valence-electron chi connectivity index (χ2n) is 5.98. The number of para-hydroxylation sites is 1. The molecule has 0 spiro atoms. The molecule has 0 bridgehead atoms. The highest BCUT2D eigenvalue weighted by atomic mass is 16.5. The van der Waals surface area contributed by atoms with Gasteiger partial charge in [0.25, 0.3) is 0 Å². The zero-order valence-electron chi connectivity index (χ0n) is 14.4. The number of amides is 1. The number of aromatic nitrogens is 1. The Hall–Kier alpha value is -2.88. The summed E-state index contributed by atoms with van der Waals surface area (Å²) in [4.78, 5) is 16.6. The molecule has 0 atom stereocenters. The number of anilines is 1. The van der Waals surface area contributed by atoms with Crippen LogP contribution in [0.15, 0.2) is 60.8 Å². The average molecular weight is 334 g/mol. The van der Waals surface area contributed by atoms with Crippen LogP contribution in [0.3, 0.4) is 0 Å². The van der Waals surface area contributed by atoms with Gasteiger partial charge in [-0.25, -0.2) is 0 Å². The van der Waals surface area contributed by atoms with E-state index in [2.05, 4.69) is 22.4 Å². The van der Waals surface area contributed by atoms with Crippen molar-refractivity contribution in [1.29, 1.82) is 0 Å². The zero-order valence-corrected chi connectivity index (χ0v) is 14.4. The van der Waals surface area contributed by atoms with Crippen molar-refractivity contribution < 1.29 is 9.53 Å². The van der Waals surface area contributed by atoms with Gasteiger partial charge in [-0.15, -0.1) is 0 Å². The molecule has 1 N–H and O–H groups in total. The Morgan fingerprint density at radius 1 is 1.04 bits per heavy atom. The number of carbonyl (C=O) groups excluding carboxylic acids is 1. The molecule has 128 valence electrons. The average Bonchev–Trinajstić information content (AvgIpc) is 2.66. The first-order valence-electron chi connectivity index (χ1n) is 8.53. The largest absolute Gasteiger partial charge is 0.497 e. The topological polar surface area (TPSA) is 51.2 Å². The van der Waals surface area contributed by atoms with Gasteiger partial charge in [-0.1, -0.05) is 30.3 Å². The van der Waals surface area contributed by atoms with Crippen LogP contribution in [0.4, 0.5) is 5.69 Å². The maximum atomic E-state index is 12.2. The summed E-state index contributed by atoms with van der Waals surface area (Å²) in [5.74, 6) is 0.903. The fourth-order valence-corrected chi connectivity index (χ4v) is 2.82. The second-order valence-corrected chi connectivity index (χ2v) is 5.98. The minimum atomic E-state index is 0.0351. The van der Waals surface area contributed by atoms with E-state index in [-0.39, 0.29) is 5.91 Å². The molecule has 0 saturated carbocycles. The number of nitrogens with one attached hydrogen (secondary N) is 1. The molecule has 3 rings (SSSR count). The lowest BCUT2D eigenvalue weighted by molar-refractivity contribution is -0.116. The molecule has 0 aliphatic heterocycles. The van der Waals surface area contributed by atoms with E-state index in [9.17, 15) is 4.79 Å². The van der Waals surface area contributed by atoms with Crippen LogP contribution in [0.25, 0.3) is 10.9 Å². The van der Waals surface area contributed by atoms with Crippen LogP contribution >= 0.6 is 0 Å². The molecular formula is C21H22N2O2. The lowest BCUT2D eigenvalue weighted by Gasteiger charge is -2.08. The Labute approximate surface area is 147 Å². The van der Waals surface area contributed by atoms with Crippen LogP contribution < -0.4 is 10.1 Å². The normalized spacial score (nSPS) is 10.6. The molecule has 1 amide bonds. The van der Waals surface area contributed by atoms with Crippen molar-refractivity contribution in [2.45, 2.75) is 25.7 Å². The number of rotatable bonds is 7. The molecule has 0 aliphatic carbocycles. The van der Waals surface area contributed by atoms with E-state index in [1.165, 1.54) is 5.56 Å². The van der Waals surface area contributed by atoms with E-state index < -0.39 is 0 Å². The molecule has 1 heterocycles. The summed E-state index contributed by atoms with van der Waals surface area (Å²) in [6, 6.07) is 17.8. The standard InChI is InChI=1S/C21H22N2O2/c1-25-18-13-11-16(12-14-18)6-2-3-10-20(24)23-19-9-4-7-17-8-5-15-22-21(17)19/h4-5,7-9,11-15H,2-3,6,10H2,1H3,(H,23,24). The Balaban J connectivity index is 1.47. The Bertz CT molecular complexity index is 839. The van der Waals surface area contributed by atoms with Gasteiger partial charge in [-0.2, -0.15) is 0 Å². The van der Waals surface area contributed by atoms with Gasteiger partial charge in [-0.05, 0) is 49.1 Å². The summed E-state index contributed by atoms with van der Waals surface area (Å²) in [7, 11) is 1.67. The number of unbranched alkanes of at least 4 members (excludes halogenated alkanes) is 1. The van der Waals surface area contributed by atoms with Gasteiger partial charge in [-0.3, -0.25) is 9.78 Å². The fourth-order valence-electron chi connectivity index (χ4n) is 2.82. The Morgan fingerprint density at radius 2 is 1.84 bits per heavy atom. The van der Waals surface area contributed by atoms with Crippen LogP contribution in [0.1, 0.15) is 24.8 Å². The third-order valence-electron chi connectivity index (χ3n) is 4.19. The number of methoxy groups -OCH3 is 1. The summed E-state index contributed by atoms with van der Waals surface area (Å²) < 4.78 is 5.16. The quantitative estimate of drug-likeness (QED) is 0.643. The number of ether oxygens (including phenoxy) is 1. The number of benzene rings is 2. The molecule has 4 nitrogen and oxygen atoms in total. The second kappa shape index (κ2) is 8.29. The fraction of sp³-hybridized carbons (Fsp3) is 0.238. The summed E-state index contributed by atoms with van der Waals surface area (Å²) in [6.45, 7) is 0. The molecule has 0 saturated heterocycles. The minimum absolute atomic E-state index is 0.0351. The first-order valence-corrected chi connectivity index (χ1v) is 8.53. The first-order chi connectivity index (χ1) is 12.3. The highest BCUT2D eigenvalue weighted by Crippen LogP contribution is 2.21. The van der Waals surface area contributed by atoms with Crippen molar-refractivity contribution in [3.63, 3.8) is 0 Å². The van der Waals surface area contributed by atoms with E-state index in [0.29, 0.717) is 6.42 Å². The lowest BCUT2D eigenvalue weighted by Crippen LogP contribution is -2.11. The number of hydrogen-bond acceptors (Lipinski definition) is 3. The van der Waals surface area contributed by atoms with Crippen molar-refractivity contribution in [3.8, 4) is 5.75 Å². The lowest BCUT2D eigenvalue weighted by atomic mass is 10.1. The van der Waals surface area contributed by atoms with Crippen molar-refractivity contribution in [3.05, 3.63) is 66.4 Å². The predicted molar refractivity (Wildman–Crippen MR) is 101 cm³/mol. The van der Waals surface area contributed by atoms with Gasteiger partial charge in [0, 0.05) is 18.0 Å². The predicted octanol–water partition coefficient (Wildman–Crippen LogP) is 4.59. The van der Waals surface area contributed by atoms with Crippen LogP contribution in [0.5, 0.6) is 5.75 Å². The summed E-state index contributed by atoms with van der Waals surface area (Å²) in [6.07, 6.45) is 5.06. The van der Waals surface area contributed by atoms with Gasteiger partial charge in [0.2, 0.25) is 5.91 Å². The summed E-state index contributed by atoms with van der Waals surface area (Å²) in [5, 5.41) is 4.01. The zero-order chi connectivity index (χ0) is 17.5. The van der Waals surface area contributed by atoms with Gasteiger partial charge < -0.3 is 10.1 Å². The van der Waals surface area contributed by atoms with Crippen molar-refractivity contribution in [1.82, 2.24) is 4.98 Å². The molecule has 0 aliphatic rings. The van der Waals surface area contributed by atoms with E-state index in [4.69, 9.17) is 4.74 Å². The van der Waals surface area contributed by atoms with E-state index in [0.717, 1.165) is 41.6 Å². The summed E-state index contributed by atoms with van der Waals surface area (Å²) >= 11 is 0. The van der Waals surface area contributed by atoms with Gasteiger partial charge in [0.05, 0.1) is 18.3 Å². The number of fused-ring (bicyclic) bond motifs is 1. The number of pyridine rings is 1. The SMILES string of the molecule is COc1ccc(CCCCC(=O)Nc2cccc3cccnc23)cc1. The number of aryl methyl sites for hydroxylation is 1. The first kappa shape index (κ1) is 17.0. The van der Waals surface area contributed by atoms with E-state index in [1.54, 1.807) is 13.3 Å². The molecule has 2 aromatic carbocycles. The summed E-state index contributed by atoms with van der Waals surface area (Å²) in [5.41, 5.74) is 2.87. The van der Waals surface area contributed by atoms with Crippen LogP contribution in [0.2, 0.25) is 0 Å². The Kier molecular flexibility index (Phi) is 5.62. The molecule has 3 aromatic rings. The van der Waals surface area contributed by atoms with Gasteiger partial charge in [0.1, 0.15) is 5.75 Å². The maximum absolute atomic E-state index is 12.2. The van der Waals surface area contributed by atoms with Crippen LogP contribution in [0, 0.1) is 0 Å². The maximum Gasteiger partial charge on any atom is 0.224 e. The Morgan fingerprint density at radius 3 is 2.64 bits per heavy atom. The third-order valence-corrected chi connectivity index (χ3v) is 4.19. The number of nitrogens with zero attached hydrogens (tertiary/aromatic N) is 1. The van der Waals surface area contributed by atoms with E-state index in [1.807, 2.05) is 42.5 Å². The molecule has 1 aromatic heterocycles. The molecule has 25 heavy (non-hydrogen) atoms. The van der Waals surface area contributed by atoms with Crippen molar-refractivity contribution in [2.24, 2.45) is 0 Å². The van der Waals surface area contributed by atoms with Gasteiger partial charge >= 0.3 is 0 Å². The number of hydrogen-bond donors (Lipinski definition) is 1.